The highest BCUT2D eigenvalue weighted by molar-refractivity contribution is 4.89. The molecule has 0 aromatic heterocycles. The molecular formula is C6H12O2. The maximum Gasteiger partial charge on any atom is 0.0693 e. The summed E-state index contributed by atoms with van der Waals surface area (Å²) in [5, 5.41) is 17.2. The van der Waals surface area contributed by atoms with Gasteiger partial charge in [-0.05, 0) is 13.8 Å². The van der Waals surface area contributed by atoms with E-state index in [-0.39, 0.29) is 0 Å². The Morgan fingerprint density at radius 3 is 1.38 bits per heavy atom. The zero-order valence-corrected chi connectivity index (χ0v) is 5.20. The molecule has 0 aliphatic heterocycles. The van der Waals surface area contributed by atoms with E-state index < -0.39 is 12.2 Å². The Morgan fingerprint density at radius 2 is 1.25 bits per heavy atom. The van der Waals surface area contributed by atoms with Gasteiger partial charge in [0.15, 0.2) is 0 Å². The molecular weight excluding hydrogens is 104 g/mol. The molecule has 0 saturated carbocycles. The zero-order chi connectivity index (χ0) is 6.57. The van der Waals surface area contributed by atoms with Crippen LogP contribution in [0.3, 0.4) is 0 Å². The van der Waals surface area contributed by atoms with Crippen molar-refractivity contribution in [1.82, 2.24) is 0 Å². The third kappa shape index (κ3) is 5.66. The van der Waals surface area contributed by atoms with Gasteiger partial charge < -0.3 is 10.2 Å². The van der Waals surface area contributed by atoms with Gasteiger partial charge in [0.2, 0.25) is 0 Å². The number of rotatable bonds is 2. The summed E-state index contributed by atoms with van der Waals surface area (Å²) < 4.78 is 0. The summed E-state index contributed by atoms with van der Waals surface area (Å²) in [5.41, 5.74) is 0. The Bertz CT molecular complexity index is 64.6. The second kappa shape index (κ2) is 3.64. The van der Waals surface area contributed by atoms with Crippen molar-refractivity contribution in [2.24, 2.45) is 0 Å². The standard InChI is InChI=1S/C6H12O2/c1-5(7)3-4-6(2)8/h3-8H,1-2H3/b4-3-/t5-,6+. The summed E-state index contributed by atoms with van der Waals surface area (Å²) in [4.78, 5) is 0. The first-order valence-corrected chi connectivity index (χ1v) is 2.67. The Morgan fingerprint density at radius 1 is 1.00 bits per heavy atom. The molecule has 0 rings (SSSR count). The predicted octanol–water partition coefficient (Wildman–Crippen LogP) is 0.304. The van der Waals surface area contributed by atoms with Crippen molar-refractivity contribution < 1.29 is 10.2 Å². The predicted molar refractivity (Wildman–Crippen MR) is 32.5 cm³/mol. The van der Waals surface area contributed by atoms with Gasteiger partial charge in [0.25, 0.3) is 0 Å². The summed E-state index contributed by atoms with van der Waals surface area (Å²) in [6, 6.07) is 0. The van der Waals surface area contributed by atoms with Crippen LogP contribution in [-0.4, -0.2) is 22.4 Å². The molecule has 0 heterocycles. The van der Waals surface area contributed by atoms with Gasteiger partial charge in [-0.1, -0.05) is 12.2 Å². The molecule has 0 aliphatic carbocycles. The maximum atomic E-state index is 8.60. The number of aliphatic hydroxyl groups is 2. The van der Waals surface area contributed by atoms with E-state index in [1.807, 2.05) is 0 Å². The number of hydrogen-bond acceptors (Lipinski definition) is 2. The summed E-state index contributed by atoms with van der Waals surface area (Å²) in [6.07, 6.45) is 2.18. The van der Waals surface area contributed by atoms with Crippen LogP contribution in [-0.2, 0) is 0 Å². The van der Waals surface area contributed by atoms with Crippen molar-refractivity contribution in [2.45, 2.75) is 26.1 Å². The highest BCUT2D eigenvalue weighted by atomic mass is 16.3. The van der Waals surface area contributed by atoms with E-state index in [1.54, 1.807) is 26.0 Å². The van der Waals surface area contributed by atoms with Crippen molar-refractivity contribution in [2.75, 3.05) is 0 Å². The Hall–Kier alpha value is -0.340. The molecule has 8 heavy (non-hydrogen) atoms. The molecule has 2 atom stereocenters. The van der Waals surface area contributed by atoms with Crippen molar-refractivity contribution in [3.05, 3.63) is 12.2 Å². The monoisotopic (exact) mass is 116 g/mol. The van der Waals surface area contributed by atoms with Crippen LogP contribution in [0.15, 0.2) is 12.2 Å². The molecule has 0 fully saturated rings. The number of hydrogen-bond donors (Lipinski definition) is 2. The molecule has 2 nitrogen and oxygen atoms in total. The molecule has 0 bridgehead atoms. The van der Waals surface area contributed by atoms with E-state index in [9.17, 15) is 0 Å². The molecule has 2 N–H and O–H groups in total. The first-order chi connectivity index (χ1) is 3.63. The zero-order valence-electron chi connectivity index (χ0n) is 5.20. The van der Waals surface area contributed by atoms with Crippen molar-refractivity contribution >= 4 is 0 Å². The largest absolute Gasteiger partial charge is 0.389 e. The minimum absolute atomic E-state index is 0.454. The molecule has 0 spiro atoms. The SMILES string of the molecule is C[C@H](O)/C=C\[C@@H](C)O. The van der Waals surface area contributed by atoms with E-state index in [4.69, 9.17) is 10.2 Å². The van der Waals surface area contributed by atoms with Crippen LogP contribution < -0.4 is 0 Å². The van der Waals surface area contributed by atoms with Crippen LogP contribution in [0.25, 0.3) is 0 Å². The van der Waals surface area contributed by atoms with Gasteiger partial charge in [0.1, 0.15) is 0 Å². The van der Waals surface area contributed by atoms with Gasteiger partial charge in [-0.2, -0.15) is 0 Å². The van der Waals surface area contributed by atoms with E-state index in [0.717, 1.165) is 0 Å². The summed E-state index contributed by atoms with van der Waals surface area (Å²) in [5.74, 6) is 0. The van der Waals surface area contributed by atoms with Gasteiger partial charge in [0.05, 0.1) is 12.2 Å². The third-order valence-electron chi connectivity index (χ3n) is 0.668. The highest BCUT2D eigenvalue weighted by Crippen LogP contribution is 1.86. The van der Waals surface area contributed by atoms with E-state index in [2.05, 4.69) is 0 Å². The summed E-state index contributed by atoms with van der Waals surface area (Å²) in [6.45, 7) is 3.28. The number of aliphatic hydroxyl groups excluding tert-OH is 2. The maximum absolute atomic E-state index is 8.60. The van der Waals surface area contributed by atoms with Gasteiger partial charge in [-0.15, -0.1) is 0 Å². The Kier molecular flexibility index (Phi) is 3.48. The average Bonchev–Trinajstić information content (AvgIpc) is 1.61. The van der Waals surface area contributed by atoms with E-state index in [0.29, 0.717) is 0 Å². The van der Waals surface area contributed by atoms with Crippen LogP contribution in [0.2, 0.25) is 0 Å². The Labute approximate surface area is 49.5 Å². The fourth-order valence-corrected chi connectivity index (χ4v) is 0.322. The minimum Gasteiger partial charge on any atom is -0.389 e. The summed E-state index contributed by atoms with van der Waals surface area (Å²) in [7, 11) is 0. The van der Waals surface area contributed by atoms with Crippen LogP contribution in [0, 0.1) is 0 Å². The topological polar surface area (TPSA) is 40.5 Å². The van der Waals surface area contributed by atoms with Crippen LogP contribution in [0.5, 0.6) is 0 Å². The molecule has 0 saturated heterocycles. The first-order valence-electron chi connectivity index (χ1n) is 2.67. The van der Waals surface area contributed by atoms with Crippen molar-refractivity contribution in [3.63, 3.8) is 0 Å². The molecule has 0 aromatic rings. The molecule has 2 heteroatoms. The third-order valence-corrected chi connectivity index (χ3v) is 0.668. The van der Waals surface area contributed by atoms with E-state index in [1.165, 1.54) is 0 Å². The first kappa shape index (κ1) is 7.66. The second-order valence-electron chi connectivity index (χ2n) is 1.87. The normalized spacial score (nSPS) is 19.0. The molecule has 48 valence electrons. The minimum atomic E-state index is -0.454. The van der Waals surface area contributed by atoms with Crippen molar-refractivity contribution in [1.29, 1.82) is 0 Å². The van der Waals surface area contributed by atoms with Gasteiger partial charge in [0, 0.05) is 0 Å². The Balaban J connectivity index is 3.34. The smallest absolute Gasteiger partial charge is 0.0693 e. The second-order valence-corrected chi connectivity index (χ2v) is 1.87. The molecule has 0 aliphatic rings. The highest BCUT2D eigenvalue weighted by Gasteiger charge is 1.87. The van der Waals surface area contributed by atoms with Gasteiger partial charge in [-0.25, -0.2) is 0 Å². The summed E-state index contributed by atoms with van der Waals surface area (Å²) >= 11 is 0. The van der Waals surface area contributed by atoms with Gasteiger partial charge >= 0.3 is 0 Å². The van der Waals surface area contributed by atoms with Crippen molar-refractivity contribution in [3.8, 4) is 0 Å². The lowest BCUT2D eigenvalue weighted by Gasteiger charge is -1.94. The average molecular weight is 116 g/mol. The van der Waals surface area contributed by atoms with Crippen LogP contribution in [0.1, 0.15) is 13.8 Å². The molecule has 0 unspecified atom stereocenters. The molecule has 0 amide bonds. The molecule has 0 radical (unpaired) electrons. The van der Waals surface area contributed by atoms with Crippen LogP contribution in [0.4, 0.5) is 0 Å². The molecule has 0 aromatic carbocycles. The lowest BCUT2D eigenvalue weighted by Crippen LogP contribution is -1.97. The van der Waals surface area contributed by atoms with E-state index >= 15 is 0 Å². The fourth-order valence-electron chi connectivity index (χ4n) is 0.322. The van der Waals surface area contributed by atoms with Crippen LogP contribution >= 0.6 is 0 Å². The lowest BCUT2D eigenvalue weighted by molar-refractivity contribution is 0.228. The quantitative estimate of drug-likeness (QED) is 0.509. The van der Waals surface area contributed by atoms with Gasteiger partial charge in [-0.3, -0.25) is 0 Å². The fraction of sp³-hybridized carbons (Fsp3) is 0.667. The lowest BCUT2D eigenvalue weighted by atomic mass is 10.3.